The fourth-order valence-corrected chi connectivity index (χ4v) is 5.43. The van der Waals surface area contributed by atoms with E-state index in [9.17, 15) is 5.11 Å². The van der Waals surface area contributed by atoms with Crippen molar-refractivity contribution in [3.8, 4) is 0 Å². The van der Waals surface area contributed by atoms with Crippen molar-refractivity contribution in [2.45, 2.75) is 58.5 Å². The summed E-state index contributed by atoms with van der Waals surface area (Å²) in [6.07, 6.45) is 7.05. The molecule has 0 amide bonds. The predicted molar refractivity (Wildman–Crippen MR) is 76.0 cm³/mol. The molecular weight excluding hydrogens is 252 g/mol. The van der Waals surface area contributed by atoms with Crippen molar-refractivity contribution in [2.75, 3.05) is 6.61 Å². The molecule has 0 bridgehead atoms. The molecule has 3 heteroatoms. The molecule has 1 aliphatic heterocycles. The summed E-state index contributed by atoms with van der Waals surface area (Å²) in [6, 6.07) is 0. The highest BCUT2D eigenvalue weighted by molar-refractivity contribution is 5.50. The van der Waals surface area contributed by atoms with E-state index in [2.05, 4.69) is 39.0 Å². The van der Waals surface area contributed by atoms with Gasteiger partial charge < -0.3 is 14.6 Å². The average Bonchev–Trinajstić information content (AvgIpc) is 2.71. The third kappa shape index (κ3) is 0.939. The summed E-state index contributed by atoms with van der Waals surface area (Å²) in [5.74, 6) is -0.598. The van der Waals surface area contributed by atoms with Crippen LogP contribution in [0.5, 0.6) is 0 Å². The van der Waals surface area contributed by atoms with Crippen LogP contribution in [0.1, 0.15) is 41.0 Å². The van der Waals surface area contributed by atoms with E-state index in [-0.39, 0.29) is 16.4 Å². The quantitative estimate of drug-likeness (QED) is 0.691. The molecule has 4 aliphatic rings. The highest BCUT2D eigenvalue weighted by atomic mass is 16.7. The maximum absolute atomic E-state index is 11.2. The Hall–Kier alpha value is -0.640. The van der Waals surface area contributed by atoms with E-state index in [1.54, 1.807) is 0 Å². The number of hydrogen-bond acceptors (Lipinski definition) is 3. The number of aliphatic hydroxyl groups excluding tert-OH is 1. The first-order valence-corrected chi connectivity index (χ1v) is 7.55. The molecule has 5 atom stereocenters. The van der Waals surface area contributed by atoms with Crippen LogP contribution in [-0.2, 0) is 9.47 Å². The maximum Gasteiger partial charge on any atom is 0.163 e. The zero-order valence-electron chi connectivity index (χ0n) is 13.0. The molecule has 0 aromatic heterocycles. The molecule has 1 heterocycles. The zero-order valence-corrected chi connectivity index (χ0v) is 13.0. The second-order valence-corrected chi connectivity index (χ2v) is 7.90. The molecule has 3 nitrogen and oxygen atoms in total. The van der Waals surface area contributed by atoms with Gasteiger partial charge in [0.25, 0.3) is 0 Å². The van der Waals surface area contributed by atoms with Gasteiger partial charge in [-0.15, -0.1) is 0 Å². The minimum atomic E-state index is -0.598. The Labute approximate surface area is 120 Å². The predicted octanol–water partition coefficient (Wildman–Crippen LogP) is 2.80. The van der Waals surface area contributed by atoms with Crippen LogP contribution >= 0.6 is 0 Å². The van der Waals surface area contributed by atoms with Gasteiger partial charge in [-0.25, -0.2) is 0 Å². The average molecular weight is 276 g/mol. The van der Waals surface area contributed by atoms with Gasteiger partial charge in [-0.2, -0.15) is 0 Å². The first-order chi connectivity index (χ1) is 9.15. The molecule has 3 aliphatic carbocycles. The SMILES string of the molecule is CC1=CC[C@@]23OC(C)(C)OC[C@@]12[C@@H](O)[C@@]1(C)C=C[C@@]31C. The molecule has 1 N–H and O–H groups in total. The summed E-state index contributed by atoms with van der Waals surface area (Å²) in [5, 5.41) is 11.2. The zero-order chi connectivity index (χ0) is 14.6. The molecule has 0 spiro atoms. The first-order valence-electron chi connectivity index (χ1n) is 7.55. The minimum absolute atomic E-state index is 0.144. The summed E-state index contributed by atoms with van der Waals surface area (Å²) in [4.78, 5) is 0. The van der Waals surface area contributed by atoms with Crippen LogP contribution in [0.2, 0.25) is 0 Å². The molecule has 0 radical (unpaired) electrons. The number of hydrogen-bond donors (Lipinski definition) is 1. The van der Waals surface area contributed by atoms with E-state index in [1.807, 2.05) is 13.8 Å². The summed E-state index contributed by atoms with van der Waals surface area (Å²) in [6.45, 7) is 11.0. The van der Waals surface area contributed by atoms with E-state index in [0.717, 1.165) is 6.42 Å². The van der Waals surface area contributed by atoms with Crippen LogP contribution < -0.4 is 0 Å². The first kappa shape index (κ1) is 13.1. The molecule has 2 fully saturated rings. The highest BCUT2D eigenvalue weighted by Crippen LogP contribution is 2.78. The molecule has 0 aromatic carbocycles. The Morgan fingerprint density at radius 1 is 1.20 bits per heavy atom. The van der Waals surface area contributed by atoms with Gasteiger partial charge in [0.15, 0.2) is 5.79 Å². The van der Waals surface area contributed by atoms with Crippen LogP contribution in [0.25, 0.3) is 0 Å². The van der Waals surface area contributed by atoms with Crippen molar-refractivity contribution in [2.24, 2.45) is 16.2 Å². The summed E-state index contributed by atoms with van der Waals surface area (Å²) >= 11 is 0. The topological polar surface area (TPSA) is 38.7 Å². The fourth-order valence-electron chi connectivity index (χ4n) is 5.43. The molecule has 20 heavy (non-hydrogen) atoms. The van der Waals surface area contributed by atoms with Gasteiger partial charge in [-0.05, 0) is 27.2 Å². The largest absolute Gasteiger partial charge is 0.391 e. The van der Waals surface area contributed by atoms with Crippen molar-refractivity contribution in [3.63, 3.8) is 0 Å². The number of fused-ring (bicyclic) bond motifs is 1. The van der Waals surface area contributed by atoms with E-state index in [4.69, 9.17) is 9.47 Å². The van der Waals surface area contributed by atoms with Crippen molar-refractivity contribution in [3.05, 3.63) is 23.8 Å². The second-order valence-electron chi connectivity index (χ2n) is 7.90. The van der Waals surface area contributed by atoms with Gasteiger partial charge in [0.1, 0.15) is 0 Å². The monoisotopic (exact) mass is 276 g/mol. The summed E-state index contributed by atoms with van der Waals surface area (Å²) < 4.78 is 12.5. The van der Waals surface area contributed by atoms with E-state index >= 15 is 0 Å². The third-order valence-corrected chi connectivity index (χ3v) is 6.94. The van der Waals surface area contributed by atoms with Crippen molar-refractivity contribution in [1.29, 1.82) is 0 Å². The van der Waals surface area contributed by atoms with Crippen LogP contribution in [0.4, 0.5) is 0 Å². The Morgan fingerprint density at radius 3 is 2.50 bits per heavy atom. The molecule has 110 valence electrons. The van der Waals surface area contributed by atoms with E-state index in [0.29, 0.717) is 6.61 Å². The minimum Gasteiger partial charge on any atom is -0.391 e. The second kappa shape index (κ2) is 3.08. The third-order valence-electron chi connectivity index (χ3n) is 6.94. The number of ether oxygens (including phenoxy) is 2. The normalized spacial score (nSPS) is 58.5. The lowest BCUT2D eigenvalue weighted by Gasteiger charge is -2.58. The van der Waals surface area contributed by atoms with E-state index in [1.165, 1.54) is 5.57 Å². The van der Waals surface area contributed by atoms with Gasteiger partial charge in [-0.1, -0.05) is 37.6 Å². The van der Waals surface area contributed by atoms with Crippen molar-refractivity contribution >= 4 is 0 Å². The van der Waals surface area contributed by atoms with E-state index < -0.39 is 17.3 Å². The molecule has 0 unspecified atom stereocenters. The Kier molecular flexibility index (Phi) is 2.01. The Morgan fingerprint density at radius 2 is 1.90 bits per heavy atom. The molecule has 1 saturated heterocycles. The van der Waals surface area contributed by atoms with Crippen molar-refractivity contribution < 1.29 is 14.6 Å². The lowest BCUT2D eigenvalue weighted by atomic mass is 9.54. The smallest absolute Gasteiger partial charge is 0.163 e. The van der Waals surface area contributed by atoms with Gasteiger partial charge in [0.2, 0.25) is 0 Å². The van der Waals surface area contributed by atoms with Gasteiger partial charge in [0.05, 0.1) is 23.7 Å². The van der Waals surface area contributed by atoms with Gasteiger partial charge in [0, 0.05) is 10.8 Å². The number of rotatable bonds is 0. The fraction of sp³-hybridized carbons (Fsp3) is 0.765. The lowest BCUT2D eigenvalue weighted by molar-refractivity contribution is -0.361. The molecular formula is C17H24O3. The summed E-state index contributed by atoms with van der Waals surface area (Å²) in [7, 11) is 0. The number of aliphatic hydroxyl groups is 1. The Bertz CT molecular complexity index is 563. The van der Waals surface area contributed by atoms with Crippen molar-refractivity contribution in [1.82, 2.24) is 0 Å². The van der Waals surface area contributed by atoms with Crippen LogP contribution in [0, 0.1) is 16.2 Å². The standard InChI is InChI=1S/C17H24O3/c1-11-6-7-17-15(5)9-8-14(15,4)12(18)16(11,17)10-19-13(2,3)20-17/h6,8-9,12,18H,7,10H2,1-5H3/t12-,14+,15+,16-,17-/m0/s1. The summed E-state index contributed by atoms with van der Waals surface area (Å²) in [5.41, 5.74) is 0.0600. The Balaban J connectivity index is 1.99. The molecule has 0 aromatic rings. The molecule has 1 saturated carbocycles. The van der Waals surface area contributed by atoms with Crippen LogP contribution in [-0.4, -0.2) is 29.2 Å². The van der Waals surface area contributed by atoms with Gasteiger partial charge >= 0.3 is 0 Å². The van der Waals surface area contributed by atoms with Crippen LogP contribution in [0.3, 0.4) is 0 Å². The van der Waals surface area contributed by atoms with Crippen LogP contribution in [0.15, 0.2) is 23.8 Å². The lowest BCUT2D eigenvalue weighted by Crippen LogP contribution is -2.65. The van der Waals surface area contributed by atoms with Gasteiger partial charge in [-0.3, -0.25) is 0 Å². The molecule has 4 rings (SSSR count). The highest BCUT2D eigenvalue weighted by Gasteiger charge is 2.84. The maximum atomic E-state index is 11.2.